The van der Waals surface area contributed by atoms with E-state index in [1.165, 1.54) is 30.1 Å². The molecule has 0 spiro atoms. The third-order valence-corrected chi connectivity index (χ3v) is 16.5. The summed E-state index contributed by atoms with van der Waals surface area (Å²) in [6, 6.07) is 5.39. The van der Waals surface area contributed by atoms with Crippen molar-refractivity contribution in [2.24, 2.45) is 17.8 Å². The van der Waals surface area contributed by atoms with Gasteiger partial charge >= 0.3 is 11.9 Å². The van der Waals surface area contributed by atoms with Crippen LogP contribution in [0.5, 0.6) is 5.75 Å². The van der Waals surface area contributed by atoms with Crippen LogP contribution in [0.3, 0.4) is 0 Å². The number of halogens is 5. The van der Waals surface area contributed by atoms with Crippen LogP contribution in [-0.4, -0.2) is 211 Å². The summed E-state index contributed by atoms with van der Waals surface area (Å²) >= 11 is 0. The summed E-state index contributed by atoms with van der Waals surface area (Å²) in [4.78, 5) is 67.9. The zero-order valence-corrected chi connectivity index (χ0v) is 54.9. The minimum atomic E-state index is -2.71. The van der Waals surface area contributed by atoms with E-state index in [4.69, 9.17) is 23.7 Å². The third kappa shape index (κ3) is 25.8. The number of anilines is 1. The second-order valence-electron chi connectivity index (χ2n) is 25.2. The Balaban J connectivity index is 1.44. The largest absolute Gasteiger partial charge is 0.461 e. The van der Waals surface area contributed by atoms with Crippen LogP contribution in [-0.2, 0) is 38.1 Å². The monoisotopic (exact) mass is 1380 g/mol. The lowest BCUT2D eigenvalue weighted by Crippen LogP contribution is -2.64. The molecule has 3 aliphatic rings. The zero-order valence-electron chi connectivity index (χ0n) is 54.9. The Morgan fingerprint density at radius 2 is 1.22 bits per heavy atom. The van der Waals surface area contributed by atoms with Crippen LogP contribution >= 0.6 is 0 Å². The van der Waals surface area contributed by atoms with Crippen molar-refractivity contribution in [2.45, 2.75) is 195 Å². The normalized spacial score (nSPS) is 33.4. The molecule has 2 fully saturated rings. The Kier molecular flexibility index (Phi) is 32.7. The summed E-state index contributed by atoms with van der Waals surface area (Å²) in [6.07, 6.45) is -4.96. The highest BCUT2D eigenvalue weighted by Crippen LogP contribution is 2.40. The van der Waals surface area contributed by atoms with Gasteiger partial charge in [-0.1, -0.05) is 98.9 Å². The smallest absolute Gasteiger partial charge is 0.319 e. The summed E-state index contributed by atoms with van der Waals surface area (Å²) in [7, 11) is 4.93. The third-order valence-electron chi connectivity index (χ3n) is 16.5. The number of aliphatic hydroxyl groups is 10. The van der Waals surface area contributed by atoms with E-state index in [2.05, 4.69) is 10.6 Å². The lowest BCUT2D eigenvalue weighted by Gasteiger charge is -2.46. The standard InChI is InChI=1S/C69H92F5N3O20/c1-38-19-17-15-13-11-9-7-8-10-12-14-16-18-20-50(94-68-64(90)62(63(89)40(3)93-68)76-54(87)37-77(5)6)34-53-56(67(91)96-66-60(73)58(71)57(70)59(72)61(66)74)52(86)36-69(92,97-53)35-49(84)31-47(82)29-45(80)27-44(79)28-46(81)30-48(83)33-55(88)95-65(38)39(2)21-26-43(78)32-51(85)41-22-24-42(75-4)25-23-41/h7-20,22-25,38-40,43-45,47-50,52-53,56,62-65,68,75,78-80,82-84,86,89-90,92H,21,26-37H2,1-6H3,(H,76,87)/b8-7-,11-9-,12-10+,15-13+,16-14+,19-17+,20-18+/t38-,39-,40?,43?,44+,45-,47-,48+,49-,50-,52-,53?,56+,62?,63?,64?,65?,68?,69+/m0/s1. The van der Waals surface area contributed by atoms with Crippen molar-refractivity contribution in [1.82, 2.24) is 10.2 Å². The van der Waals surface area contributed by atoms with Gasteiger partial charge in [-0.3, -0.25) is 24.0 Å². The second-order valence-corrected chi connectivity index (χ2v) is 25.2. The van der Waals surface area contributed by atoms with E-state index in [9.17, 15) is 88.2 Å². The molecule has 0 aliphatic carbocycles. The van der Waals surface area contributed by atoms with Crippen molar-refractivity contribution >= 4 is 35.1 Å². The molecule has 538 valence electrons. The molecule has 2 aromatic carbocycles. The van der Waals surface area contributed by atoms with Gasteiger partial charge in [0.15, 0.2) is 17.9 Å². The number of hydrogen-bond acceptors (Lipinski definition) is 22. The Hall–Kier alpha value is -6.74. The van der Waals surface area contributed by atoms with E-state index in [-0.39, 0.29) is 31.1 Å². The highest BCUT2D eigenvalue weighted by atomic mass is 19.2. The SMILES string of the molecule is CNc1ccc(C(=O)CC(O)CC[C@H](C)C2OC(=O)C[C@H](O)CC(=O)C[C@H](O)C[C@H](O)C[C@H](O)C[C@H](O)C[C@]3(O)C[C@H](O)[C@@H](C(=O)Oc4c(F)c(F)c(F)c(F)c4F)C(C[C@@H](OC4OC(C)C(O)C(NC(=O)CN(C)C)C4O)/C=C/C=C/C=C/C=C\C=C/C=C/C=C/[C@@H]2C)O3)cc1. The maximum absolute atomic E-state index is 15.0. The minimum Gasteiger partial charge on any atom is -0.461 e. The number of rotatable bonds is 15. The predicted octanol–water partition coefficient (Wildman–Crippen LogP) is 4.68. The number of fused-ring (bicyclic) bond motifs is 2. The molecule has 8 unspecified atom stereocenters. The molecule has 0 aromatic heterocycles. The van der Waals surface area contributed by atoms with Crippen molar-refractivity contribution in [1.29, 1.82) is 0 Å². The molecule has 12 N–H and O–H groups in total. The van der Waals surface area contributed by atoms with Crippen LogP contribution in [0, 0.1) is 46.8 Å². The maximum Gasteiger partial charge on any atom is 0.319 e. The van der Waals surface area contributed by atoms with Gasteiger partial charge in [0.2, 0.25) is 40.7 Å². The molecule has 0 radical (unpaired) electrons. The average Bonchev–Trinajstić information content (AvgIpc) is 0.776. The van der Waals surface area contributed by atoms with E-state index in [0.29, 0.717) is 12.0 Å². The molecule has 5 rings (SSSR count). The van der Waals surface area contributed by atoms with E-state index in [0.717, 1.165) is 5.69 Å². The molecular weight excluding hydrogens is 1290 g/mol. The van der Waals surface area contributed by atoms with Gasteiger partial charge in [-0.25, -0.2) is 13.2 Å². The summed E-state index contributed by atoms with van der Waals surface area (Å²) < 4.78 is 102. The van der Waals surface area contributed by atoms with E-state index in [1.54, 1.807) is 119 Å². The fraction of sp³-hybridized carbons (Fsp3) is 0.551. The molecule has 3 heterocycles. The number of ketones is 2. The van der Waals surface area contributed by atoms with Crippen LogP contribution < -0.4 is 15.4 Å². The Bertz CT molecular complexity index is 3100. The lowest BCUT2D eigenvalue weighted by molar-refractivity contribution is -0.308. The van der Waals surface area contributed by atoms with Crippen molar-refractivity contribution in [3.8, 4) is 5.75 Å². The maximum atomic E-state index is 15.0. The molecule has 28 heteroatoms. The summed E-state index contributed by atoms with van der Waals surface area (Å²) in [5.41, 5.74) is 1.24. The molecule has 1 amide bonds. The molecular formula is C69H92F5N3O20. The van der Waals surface area contributed by atoms with Crippen LogP contribution in [0.25, 0.3) is 0 Å². The van der Waals surface area contributed by atoms with E-state index >= 15 is 8.78 Å². The highest BCUT2D eigenvalue weighted by molar-refractivity contribution is 5.96. The lowest BCUT2D eigenvalue weighted by atomic mass is 9.82. The van der Waals surface area contributed by atoms with Gasteiger partial charge in [0.25, 0.3) is 0 Å². The number of benzene rings is 2. The number of cyclic esters (lactones) is 1. The number of Topliss-reactive ketones (excluding diaryl/α,β-unsaturated/α-hetero) is 2. The molecule has 2 saturated heterocycles. The number of likely N-dealkylation sites (N-methyl/N-ethyl adjacent to an activating group) is 1. The molecule has 2 aromatic rings. The van der Waals surface area contributed by atoms with Gasteiger partial charge in [0.05, 0.1) is 80.0 Å². The number of esters is 2. The van der Waals surface area contributed by atoms with Gasteiger partial charge in [0.1, 0.15) is 30.0 Å². The number of hydrogen-bond donors (Lipinski definition) is 12. The topological polar surface area (TPSA) is 361 Å². The zero-order chi connectivity index (χ0) is 71.8. The molecule has 3 aliphatic heterocycles. The number of ether oxygens (including phenoxy) is 5. The number of nitrogens with one attached hydrogen (secondary N) is 2. The summed E-state index contributed by atoms with van der Waals surface area (Å²) in [5.74, 6) is -24.7. The molecule has 0 saturated carbocycles. The Labute approximate surface area is 559 Å². The van der Waals surface area contributed by atoms with E-state index < -0.39 is 226 Å². The number of aliphatic hydroxyl groups excluding tert-OH is 9. The molecule has 19 atom stereocenters. The first-order valence-corrected chi connectivity index (χ1v) is 32.0. The predicted molar refractivity (Wildman–Crippen MR) is 342 cm³/mol. The van der Waals surface area contributed by atoms with Gasteiger partial charge in [-0.15, -0.1) is 0 Å². The van der Waals surface area contributed by atoms with Gasteiger partial charge in [-0.2, -0.15) is 8.78 Å². The fourth-order valence-corrected chi connectivity index (χ4v) is 11.5. The molecule has 2 bridgehead atoms. The van der Waals surface area contributed by atoms with Gasteiger partial charge in [0, 0.05) is 62.7 Å². The van der Waals surface area contributed by atoms with Crippen molar-refractivity contribution in [3.05, 3.63) is 144 Å². The molecule has 97 heavy (non-hydrogen) atoms. The Morgan fingerprint density at radius 1 is 0.680 bits per heavy atom. The highest BCUT2D eigenvalue weighted by Gasteiger charge is 2.52. The van der Waals surface area contributed by atoms with Crippen LogP contribution in [0.15, 0.2) is 109 Å². The quantitative estimate of drug-likeness (QED) is 0.0287. The van der Waals surface area contributed by atoms with Gasteiger partial charge in [-0.05, 0) is 83.3 Å². The number of nitrogens with zero attached hydrogens (tertiary/aromatic N) is 1. The van der Waals surface area contributed by atoms with Crippen LogP contribution in [0.2, 0.25) is 0 Å². The minimum absolute atomic E-state index is 0.144. The van der Waals surface area contributed by atoms with E-state index in [1.807, 2.05) is 6.92 Å². The first-order chi connectivity index (χ1) is 45.8. The Morgan fingerprint density at radius 3 is 1.79 bits per heavy atom. The first-order valence-electron chi connectivity index (χ1n) is 32.0. The van der Waals surface area contributed by atoms with Crippen LogP contribution in [0.1, 0.15) is 108 Å². The number of amides is 1. The van der Waals surface area contributed by atoms with Crippen molar-refractivity contribution < 1.29 is 121 Å². The van der Waals surface area contributed by atoms with Gasteiger partial charge < -0.3 is 90.3 Å². The molecule has 23 nitrogen and oxygen atoms in total. The average molecular weight is 1380 g/mol. The second kappa shape index (κ2) is 39.2. The number of carbonyl (C=O) groups excluding carboxylic acids is 5. The number of carbonyl (C=O) groups is 5. The van der Waals surface area contributed by atoms with Crippen molar-refractivity contribution in [2.75, 3.05) is 33.0 Å². The van der Waals surface area contributed by atoms with Crippen molar-refractivity contribution in [3.63, 3.8) is 0 Å². The summed E-state index contributed by atoms with van der Waals surface area (Å²) in [6.45, 7) is 4.84. The first kappa shape index (κ1) is 80.9. The van der Waals surface area contributed by atoms with Crippen LogP contribution in [0.4, 0.5) is 27.6 Å². The number of allylic oxidation sites excluding steroid dienone is 12. The summed E-state index contributed by atoms with van der Waals surface area (Å²) in [5, 5.41) is 118. The fourth-order valence-electron chi connectivity index (χ4n) is 11.5.